The molecule has 0 saturated heterocycles. The van der Waals surface area contributed by atoms with Crippen LogP contribution in [0.3, 0.4) is 0 Å². The topological polar surface area (TPSA) is 83.6 Å². The van der Waals surface area contributed by atoms with Crippen LogP contribution in [0.4, 0.5) is 5.95 Å². The predicted molar refractivity (Wildman–Crippen MR) is 122 cm³/mol. The van der Waals surface area contributed by atoms with E-state index in [2.05, 4.69) is 50.4 Å². The number of pyridine rings is 1. The molecule has 1 aromatic carbocycles. The van der Waals surface area contributed by atoms with Crippen molar-refractivity contribution < 1.29 is 4.79 Å². The first-order valence-corrected chi connectivity index (χ1v) is 10.7. The van der Waals surface area contributed by atoms with Gasteiger partial charge < -0.3 is 4.98 Å². The van der Waals surface area contributed by atoms with Gasteiger partial charge in [0.25, 0.3) is 0 Å². The van der Waals surface area contributed by atoms with Crippen molar-refractivity contribution in [2.45, 2.75) is 39.0 Å². The zero-order valence-corrected chi connectivity index (χ0v) is 17.7. The normalized spacial score (nSPS) is 18.4. The Morgan fingerprint density at radius 2 is 1.84 bits per heavy atom. The minimum atomic E-state index is -0.0956. The van der Waals surface area contributed by atoms with E-state index in [4.69, 9.17) is 0 Å². The lowest BCUT2D eigenvalue weighted by molar-refractivity contribution is -0.120. The number of nitrogens with one attached hydrogen (secondary N) is 2. The highest BCUT2D eigenvalue weighted by Gasteiger charge is 2.35. The highest BCUT2D eigenvalue weighted by Crippen LogP contribution is 2.40. The van der Waals surface area contributed by atoms with E-state index in [1.807, 2.05) is 31.3 Å². The van der Waals surface area contributed by atoms with Gasteiger partial charge in [0.2, 0.25) is 11.9 Å². The summed E-state index contributed by atoms with van der Waals surface area (Å²) in [5.74, 6) is 0.407. The molecular formula is C25H25N5O. The van der Waals surface area contributed by atoms with Gasteiger partial charge >= 0.3 is 0 Å². The summed E-state index contributed by atoms with van der Waals surface area (Å²) in [5.41, 5.74) is 6.32. The monoisotopic (exact) mass is 411 g/mol. The molecule has 1 amide bonds. The Morgan fingerprint density at radius 1 is 1.03 bits per heavy atom. The van der Waals surface area contributed by atoms with Gasteiger partial charge in [-0.1, -0.05) is 30.7 Å². The lowest BCUT2D eigenvalue weighted by Gasteiger charge is -2.17. The van der Waals surface area contributed by atoms with Gasteiger partial charge in [-0.2, -0.15) is 0 Å². The van der Waals surface area contributed by atoms with Gasteiger partial charge in [-0.25, -0.2) is 9.97 Å². The summed E-state index contributed by atoms with van der Waals surface area (Å²) >= 11 is 0. The molecule has 2 atom stereocenters. The van der Waals surface area contributed by atoms with Crippen LogP contribution in [0.5, 0.6) is 0 Å². The van der Waals surface area contributed by atoms with Gasteiger partial charge in [0.05, 0.1) is 11.7 Å². The largest absolute Gasteiger partial charge is 0.357 e. The molecule has 1 fully saturated rings. The van der Waals surface area contributed by atoms with E-state index in [0.717, 1.165) is 52.7 Å². The molecule has 1 aliphatic carbocycles. The zero-order chi connectivity index (χ0) is 21.4. The second-order valence-electron chi connectivity index (χ2n) is 8.38. The van der Waals surface area contributed by atoms with E-state index < -0.39 is 0 Å². The Hall–Kier alpha value is -3.54. The first-order chi connectivity index (χ1) is 15.1. The van der Waals surface area contributed by atoms with Gasteiger partial charge in [0.1, 0.15) is 0 Å². The van der Waals surface area contributed by atoms with E-state index in [0.29, 0.717) is 5.95 Å². The summed E-state index contributed by atoms with van der Waals surface area (Å²) < 4.78 is 0. The molecule has 6 nitrogen and oxygen atoms in total. The van der Waals surface area contributed by atoms with Gasteiger partial charge in [-0.15, -0.1) is 0 Å². The number of aryl methyl sites for hydroxylation is 2. The average Bonchev–Trinajstić information content (AvgIpc) is 3.41. The summed E-state index contributed by atoms with van der Waals surface area (Å²) in [5, 5.41) is 4.07. The highest BCUT2D eigenvalue weighted by molar-refractivity contribution is 5.92. The smallest absolute Gasteiger partial charge is 0.230 e. The molecule has 0 radical (unpaired) electrons. The van der Waals surface area contributed by atoms with Crippen molar-refractivity contribution in [2.75, 3.05) is 5.32 Å². The Balaban J connectivity index is 1.33. The van der Waals surface area contributed by atoms with E-state index in [1.54, 1.807) is 12.4 Å². The number of hydrogen-bond donors (Lipinski definition) is 2. The van der Waals surface area contributed by atoms with Crippen LogP contribution in [-0.4, -0.2) is 25.8 Å². The molecule has 1 aliphatic rings. The molecule has 3 aromatic heterocycles. The lowest BCUT2D eigenvalue weighted by Crippen LogP contribution is -2.26. The fourth-order valence-electron chi connectivity index (χ4n) is 4.64. The lowest BCUT2D eigenvalue weighted by atomic mass is 9.92. The number of rotatable bonds is 4. The standard InChI is InChI=1S/C25H25N5O/c1-15-6-3-4-7-19(15)18-12-27-25(28-13-18)30-24(31)21-9-5-8-20(21)22-11-17-10-16(2)26-14-23(17)29-22/h3-4,6-7,10-14,20-21,29H,5,8-9H2,1-2H3,(H,27,28,30,31). The number of benzene rings is 1. The molecule has 2 N–H and O–H groups in total. The molecule has 4 aromatic rings. The maximum Gasteiger partial charge on any atom is 0.230 e. The second kappa shape index (κ2) is 7.95. The fraction of sp³-hybridized carbons (Fsp3) is 0.280. The zero-order valence-electron chi connectivity index (χ0n) is 17.7. The van der Waals surface area contributed by atoms with Crippen molar-refractivity contribution in [2.24, 2.45) is 5.92 Å². The molecular weight excluding hydrogens is 386 g/mol. The summed E-state index contributed by atoms with van der Waals surface area (Å²) in [6.07, 6.45) is 8.29. The minimum absolute atomic E-state index is 0.0147. The van der Waals surface area contributed by atoms with Crippen LogP contribution in [0, 0.1) is 19.8 Å². The number of amides is 1. The SMILES string of the molecule is Cc1cc2cc(C3CCCC3C(=O)Nc3ncc(-c4ccccc4C)cn3)[nH]c2cn1. The van der Waals surface area contributed by atoms with Crippen molar-refractivity contribution in [3.8, 4) is 11.1 Å². The molecule has 0 spiro atoms. The molecule has 1 saturated carbocycles. The number of carbonyl (C=O) groups excluding carboxylic acids is 1. The number of aromatic amines is 1. The maximum atomic E-state index is 13.1. The Labute approximate surface area is 181 Å². The van der Waals surface area contributed by atoms with Crippen molar-refractivity contribution in [3.63, 3.8) is 0 Å². The van der Waals surface area contributed by atoms with Crippen molar-refractivity contribution in [1.29, 1.82) is 0 Å². The highest BCUT2D eigenvalue weighted by atomic mass is 16.2. The van der Waals surface area contributed by atoms with Crippen LogP contribution in [-0.2, 0) is 4.79 Å². The summed E-state index contributed by atoms with van der Waals surface area (Å²) in [6, 6.07) is 12.4. The first-order valence-electron chi connectivity index (χ1n) is 10.7. The number of hydrogen-bond acceptors (Lipinski definition) is 4. The van der Waals surface area contributed by atoms with Crippen molar-refractivity contribution in [1.82, 2.24) is 19.9 Å². The summed E-state index contributed by atoms with van der Waals surface area (Å²) in [6.45, 7) is 4.05. The number of nitrogens with zero attached hydrogens (tertiary/aromatic N) is 3. The third-order valence-corrected chi connectivity index (χ3v) is 6.26. The van der Waals surface area contributed by atoms with Gasteiger partial charge in [0.15, 0.2) is 0 Å². The van der Waals surface area contributed by atoms with Crippen LogP contribution in [0.2, 0.25) is 0 Å². The average molecular weight is 412 g/mol. The maximum absolute atomic E-state index is 13.1. The molecule has 3 heterocycles. The molecule has 156 valence electrons. The van der Waals surface area contributed by atoms with Crippen LogP contribution in [0.15, 0.2) is 55.0 Å². The van der Waals surface area contributed by atoms with E-state index in [1.165, 1.54) is 5.56 Å². The predicted octanol–water partition coefficient (Wildman–Crippen LogP) is 5.16. The Morgan fingerprint density at radius 3 is 2.65 bits per heavy atom. The Kier molecular flexibility index (Phi) is 4.98. The second-order valence-corrected chi connectivity index (χ2v) is 8.38. The number of H-pyrrole nitrogens is 1. The van der Waals surface area contributed by atoms with E-state index in [-0.39, 0.29) is 17.7 Å². The minimum Gasteiger partial charge on any atom is -0.357 e. The third-order valence-electron chi connectivity index (χ3n) is 6.26. The van der Waals surface area contributed by atoms with Gasteiger partial charge in [-0.3, -0.25) is 15.1 Å². The molecule has 6 heteroatoms. The van der Waals surface area contributed by atoms with Crippen LogP contribution >= 0.6 is 0 Å². The van der Waals surface area contributed by atoms with Crippen LogP contribution in [0.1, 0.15) is 42.1 Å². The van der Waals surface area contributed by atoms with E-state index >= 15 is 0 Å². The van der Waals surface area contributed by atoms with Gasteiger partial charge in [0, 0.05) is 46.6 Å². The molecule has 0 bridgehead atoms. The molecule has 31 heavy (non-hydrogen) atoms. The van der Waals surface area contributed by atoms with E-state index in [9.17, 15) is 4.79 Å². The van der Waals surface area contributed by atoms with Crippen LogP contribution < -0.4 is 5.32 Å². The quantitative estimate of drug-likeness (QED) is 0.486. The number of aromatic nitrogens is 4. The van der Waals surface area contributed by atoms with Gasteiger partial charge in [-0.05, 0) is 49.9 Å². The number of fused-ring (bicyclic) bond motifs is 1. The van der Waals surface area contributed by atoms with Crippen LogP contribution in [0.25, 0.3) is 22.0 Å². The number of carbonyl (C=O) groups is 1. The van der Waals surface area contributed by atoms with Crippen molar-refractivity contribution in [3.05, 3.63) is 71.9 Å². The first kappa shape index (κ1) is 19.4. The molecule has 0 aliphatic heterocycles. The third kappa shape index (κ3) is 3.81. The Bertz CT molecular complexity index is 1240. The molecule has 2 unspecified atom stereocenters. The molecule has 5 rings (SSSR count). The van der Waals surface area contributed by atoms with Crippen molar-refractivity contribution >= 4 is 22.8 Å². The summed E-state index contributed by atoms with van der Waals surface area (Å²) in [7, 11) is 0. The number of anilines is 1. The fourth-order valence-corrected chi connectivity index (χ4v) is 4.64. The summed E-state index contributed by atoms with van der Waals surface area (Å²) in [4.78, 5) is 29.7.